The molecule has 3 rings (SSSR count). The van der Waals surface area contributed by atoms with Crippen LogP contribution in [0.4, 0.5) is 0 Å². The highest BCUT2D eigenvalue weighted by Crippen LogP contribution is 2.65. The molecule has 0 amide bonds. The molecule has 0 aromatic heterocycles. The van der Waals surface area contributed by atoms with Gasteiger partial charge in [0.15, 0.2) is 0 Å². The molecule has 1 aliphatic heterocycles. The van der Waals surface area contributed by atoms with Crippen molar-refractivity contribution in [3.05, 3.63) is 35.4 Å². The van der Waals surface area contributed by atoms with Crippen LogP contribution in [0.1, 0.15) is 50.2 Å². The van der Waals surface area contributed by atoms with Crippen molar-refractivity contribution in [3.63, 3.8) is 0 Å². The van der Waals surface area contributed by atoms with Crippen LogP contribution >= 0.6 is 0 Å². The smallest absolute Gasteiger partial charge is 0.00256 e. The van der Waals surface area contributed by atoms with Gasteiger partial charge in [0.25, 0.3) is 0 Å². The van der Waals surface area contributed by atoms with E-state index in [0.29, 0.717) is 16.7 Å². The number of piperidine rings is 1. The average Bonchev–Trinajstić information content (AvgIpc) is 3.10. The maximum absolute atomic E-state index is 3.61. The summed E-state index contributed by atoms with van der Waals surface area (Å²) in [6.07, 6.45) is 4.17. The van der Waals surface area contributed by atoms with E-state index in [1.807, 2.05) is 0 Å². The molecule has 2 atom stereocenters. The molecule has 18 heavy (non-hydrogen) atoms. The van der Waals surface area contributed by atoms with Gasteiger partial charge in [0.2, 0.25) is 0 Å². The molecule has 1 N–H and O–H groups in total. The molecule has 1 aromatic rings. The lowest BCUT2D eigenvalue weighted by Crippen LogP contribution is -2.46. The van der Waals surface area contributed by atoms with E-state index in [0.717, 1.165) is 6.54 Å². The van der Waals surface area contributed by atoms with Crippen molar-refractivity contribution < 1.29 is 0 Å². The van der Waals surface area contributed by atoms with Gasteiger partial charge in [-0.3, -0.25) is 0 Å². The fraction of sp³-hybridized carbons (Fsp3) is 0.647. The number of hydrogen-bond donors (Lipinski definition) is 1. The van der Waals surface area contributed by atoms with Crippen LogP contribution in [0.5, 0.6) is 0 Å². The van der Waals surface area contributed by atoms with E-state index in [1.54, 1.807) is 0 Å². The van der Waals surface area contributed by atoms with Gasteiger partial charge in [-0.15, -0.1) is 0 Å². The zero-order chi connectivity index (χ0) is 12.8. The summed E-state index contributed by atoms with van der Waals surface area (Å²) in [5.74, 6) is 0.679. The average molecular weight is 243 g/mol. The van der Waals surface area contributed by atoms with Crippen molar-refractivity contribution in [1.29, 1.82) is 0 Å². The molecule has 1 nitrogen and oxygen atoms in total. The fourth-order valence-electron chi connectivity index (χ4n) is 3.85. The number of benzene rings is 1. The lowest BCUT2D eigenvalue weighted by molar-refractivity contribution is 0.0912. The van der Waals surface area contributed by atoms with Gasteiger partial charge in [0, 0.05) is 12.5 Å². The molecule has 0 bridgehead atoms. The number of hydrogen-bond acceptors (Lipinski definition) is 1. The van der Waals surface area contributed by atoms with E-state index in [1.165, 1.54) is 36.9 Å². The Hall–Kier alpha value is -0.820. The molecule has 2 unspecified atom stereocenters. The van der Waals surface area contributed by atoms with Crippen LogP contribution in [-0.2, 0) is 0 Å². The Balaban J connectivity index is 1.97. The monoisotopic (exact) mass is 243 g/mol. The quantitative estimate of drug-likeness (QED) is 0.831. The SMILES string of the molecule is Cc1cccc(C2CNCCC2(C)C2(C)CC2)c1. The van der Waals surface area contributed by atoms with Crippen LogP contribution < -0.4 is 5.32 Å². The number of aryl methyl sites for hydroxylation is 1. The van der Waals surface area contributed by atoms with E-state index in [9.17, 15) is 0 Å². The van der Waals surface area contributed by atoms with Gasteiger partial charge >= 0.3 is 0 Å². The molecule has 2 fully saturated rings. The Morgan fingerprint density at radius 1 is 1.17 bits per heavy atom. The van der Waals surface area contributed by atoms with Gasteiger partial charge in [-0.05, 0) is 49.1 Å². The van der Waals surface area contributed by atoms with Crippen LogP contribution in [0, 0.1) is 17.8 Å². The summed E-state index contributed by atoms with van der Waals surface area (Å²) in [5.41, 5.74) is 3.99. The molecule has 98 valence electrons. The Labute approximate surface area is 111 Å². The van der Waals surface area contributed by atoms with Crippen LogP contribution in [0.15, 0.2) is 24.3 Å². The molecule has 0 radical (unpaired) electrons. The maximum Gasteiger partial charge on any atom is 0.00256 e. The highest BCUT2D eigenvalue weighted by atomic mass is 14.9. The second-order valence-corrected chi connectivity index (χ2v) is 6.90. The molecule has 1 aliphatic carbocycles. The second-order valence-electron chi connectivity index (χ2n) is 6.90. The number of rotatable bonds is 2. The zero-order valence-electron chi connectivity index (χ0n) is 11.9. The second kappa shape index (κ2) is 4.09. The van der Waals surface area contributed by atoms with Gasteiger partial charge in [-0.2, -0.15) is 0 Å². The Morgan fingerprint density at radius 2 is 1.94 bits per heavy atom. The first-order chi connectivity index (χ1) is 8.55. The first-order valence-corrected chi connectivity index (χ1v) is 7.32. The van der Waals surface area contributed by atoms with Gasteiger partial charge in [0.05, 0.1) is 0 Å². The molecular formula is C17H25N. The lowest BCUT2D eigenvalue weighted by atomic mass is 9.60. The van der Waals surface area contributed by atoms with Crippen molar-refractivity contribution >= 4 is 0 Å². The lowest BCUT2D eigenvalue weighted by Gasteiger charge is -2.47. The van der Waals surface area contributed by atoms with Crippen LogP contribution in [0.25, 0.3) is 0 Å². The van der Waals surface area contributed by atoms with Gasteiger partial charge in [0.1, 0.15) is 0 Å². The molecule has 2 aliphatic rings. The molecule has 0 spiro atoms. The zero-order valence-corrected chi connectivity index (χ0v) is 11.9. The third-order valence-electron chi connectivity index (χ3n) is 5.76. The van der Waals surface area contributed by atoms with Gasteiger partial charge < -0.3 is 5.32 Å². The van der Waals surface area contributed by atoms with E-state index >= 15 is 0 Å². The maximum atomic E-state index is 3.61. The summed E-state index contributed by atoms with van der Waals surface area (Å²) in [7, 11) is 0. The highest BCUT2D eigenvalue weighted by molar-refractivity contribution is 5.30. The van der Waals surface area contributed by atoms with Crippen LogP contribution in [-0.4, -0.2) is 13.1 Å². The Bertz CT molecular complexity index is 447. The predicted octanol–water partition coefficient (Wildman–Crippen LogP) is 3.88. The fourth-order valence-corrected chi connectivity index (χ4v) is 3.85. The third-order valence-corrected chi connectivity index (χ3v) is 5.76. The van der Waals surface area contributed by atoms with Crippen molar-refractivity contribution in [3.8, 4) is 0 Å². The summed E-state index contributed by atoms with van der Waals surface area (Å²) in [6.45, 7) is 9.58. The first kappa shape index (κ1) is 12.2. The third kappa shape index (κ3) is 1.80. The van der Waals surface area contributed by atoms with Crippen molar-refractivity contribution in [2.45, 2.75) is 46.0 Å². The summed E-state index contributed by atoms with van der Waals surface area (Å²) in [6, 6.07) is 9.14. The summed E-state index contributed by atoms with van der Waals surface area (Å²) in [4.78, 5) is 0. The normalized spacial score (nSPS) is 34.3. The highest BCUT2D eigenvalue weighted by Gasteiger charge is 2.56. The largest absolute Gasteiger partial charge is 0.316 e. The van der Waals surface area contributed by atoms with Gasteiger partial charge in [-0.1, -0.05) is 43.7 Å². The first-order valence-electron chi connectivity index (χ1n) is 7.32. The predicted molar refractivity (Wildman–Crippen MR) is 76.9 cm³/mol. The number of nitrogens with one attached hydrogen (secondary N) is 1. The molecule has 1 heterocycles. The van der Waals surface area contributed by atoms with Crippen molar-refractivity contribution in [1.82, 2.24) is 5.32 Å². The van der Waals surface area contributed by atoms with Crippen LogP contribution in [0.2, 0.25) is 0 Å². The summed E-state index contributed by atoms with van der Waals surface area (Å²) < 4.78 is 0. The van der Waals surface area contributed by atoms with Crippen molar-refractivity contribution in [2.75, 3.05) is 13.1 Å². The minimum atomic E-state index is 0.478. The van der Waals surface area contributed by atoms with E-state index in [2.05, 4.69) is 50.4 Å². The van der Waals surface area contributed by atoms with Gasteiger partial charge in [-0.25, -0.2) is 0 Å². The van der Waals surface area contributed by atoms with Crippen LogP contribution in [0.3, 0.4) is 0 Å². The van der Waals surface area contributed by atoms with E-state index in [4.69, 9.17) is 0 Å². The molecule has 1 aromatic carbocycles. The minimum absolute atomic E-state index is 0.478. The topological polar surface area (TPSA) is 12.0 Å². The summed E-state index contributed by atoms with van der Waals surface area (Å²) in [5, 5.41) is 3.61. The summed E-state index contributed by atoms with van der Waals surface area (Å²) >= 11 is 0. The minimum Gasteiger partial charge on any atom is -0.316 e. The van der Waals surface area contributed by atoms with E-state index < -0.39 is 0 Å². The molecule has 1 heteroatoms. The van der Waals surface area contributed by atoms with Crippen molar-refractivity contribution in [2.24, 2.45) is 10.8 Å². The standard InChI is InChI=1S/C17H25N/c1-13-5-4-6-14(11-13)15-12-18-10-9-17(15,3)16(2)7-8-16/h4-6,11,15,18H,7-10,12H2,1-3H3. The molecule has 1 saturated carbocycles. The Morgan fingerprint density at radius 3 is 2.61 bits per heavy atom. The Kier molecular flexibility index (Phi) is 2.78. The molecular weight excluding hydrogens is 218 g/mol. The molecule has 1 saturated heterocycles. The van der Waals surface area contributed by atoms with E-state index in [-0.39, 0.29) is 0 Å².